The van der Waals surface area contributed by atoms with Gasteiger partial charge in [0.1, 0.15) is 0 Å². The zero-order chi connectivity index (χ0) is 26.1. The molecule has 1 fully saturated rings. The molecule has 6 heteroatoms. The minimum Gasteiger partial charge on any atom is -0.392 e. The summed E-state index contributed by atoms with van der Waals surface area (Å²) in [6.45, 7) is 9.16. The number of hydrogen-bond acceptors (Lipinski definition) is 4. The normalized spacial score (nSPS) is 19.5. The second-order valence-corrected chi connectivity index (χ2v) is 10.7. The van der Waals surface area contributed by atoms with E-state index in [2.05, 4.69) is 33.0 Å². The first-order valence-electron chi connectivity index (χ1n) is 14.4. The van der Waals surface area contributed by atoms with Crippen LogP contribution in [-0.4, -0.2) is 41.4 Å². The third kappa shape index (κ3) is 7.41. The summed E-state index contributed by atoms with van der Waals surface area (Å²) in [6, 6.07) is 8.02. The summed E-state index contributed by atoms with van der Waals surface area (Å²) < 4.78 is 0. The number of amides is 2. The van der Waals surface area contributed by atoms with Crippen LogP contribution in [0, 0.1) is 17.8 Å². The van der Waals surface area contributed by atoms with Gasteiger partial charge in [0.25, 0.3) is 5.91 Å². The van der Waals surface area contributed by atoms with Crippen molar-refractivity contribution >= 4 is 23.2 Å². The molecule has 1 heterocycles. The van der Waals surface area contributed by atoms with Gasteiger partial charge in [-0.1, -0.05) is 90.8 Å². The van der Waals surface area contributed by atoms with Crippen molar-refractivity contribution in [1.29, 1.82) is 0 Å². The van der Waals surface area contributed by atoms with E-state index in [1.807, 2.05) is 29.2 Å². The highest BCUT2D eigenvalue weighted by atomic mass is 16.3. The molecule has 1 aliphatic heterocycles. The van der Waals surface area contributed by atoms with Crippen LogP contribution in [0.15, 0.2) is 29.3 Å². The zero-order valence-electron chi connectivity index (χ0n) is 22.8. The first-order valence-corrected chi connectivity index (χ1v) is 14.4. The fourth-order valence-corrected chi connectivity index (χ4v) is 5.14. The van der Waals surface area contributed by atoms with Crippen molar-refractivity contribution in [2.24, 2.45) is 22.7 Å². The Balaban J connectivity index is 1.93. The van der Waals surface area contributed by atoms with Gasteiger partial charge in [0.15, 0.2) is 0 Å². The number of rotatable bonds is 15. The summed E-state index contributed by atoms with van der Waals surface area (Å²) in [5.74, 6) is -0.0438. The summed E-state index contributed by atoms with van der Waals surface area (Å²) in [5.41, 5.74) is 2.75. The van der Waals surface area contributed by atoms with Crippen LogP contribution in [0.5, 0.6) is 0 Å². The maximum atomic E-state index is 14.0. The number of anilines is 1. The molecule has 0 radical (unpaired) electrons. The van der Waals surface area contributed by atoms with Crippen molar-refractivity contribution in [1.82, 2.24) is 5.32 Å². The number of hydrogen-bond donors (Lipinski definition) is 2. The van der Waals surface area contributed by atoms with Gasteiger partial charge in [-0.05, 0) is 43.6 Å². The molecule has 200 valence electrons. The molecule has 36 heavy (non-hydrogen) atoms. The Morgan fingerprint density at radius 3 is 2.44 bits per heavy atom. The Kier molecular flexibility index (Phi) is 11.0. The van der Waals surface area contributed by atoms with Gasteiger partial charge in [-0.15, -0.1) is 0 Å². The van der Waals surface area contributed by atoms with Gasteiger partial charge in [0.2, 0.25) is 12.1 Å². The van der Waals surface area contributed by atoms with Crippen LogP contribution >= 0.6 is 0 Å². The number of carbonyl (C=O) groups excluding carboxylic acids is 2. The lowest BCUT2D eigenvalue weighted by atomic mass is 9.91. The van der Waals surface area contributed by atoms with E-state index < -0.39 is 18.2 Å². The van der Waals surface area contributed by atoms with E-state index in [0.29, 0.717) is 31.2 Å². The molecule has 0 saturated heterocycles. The SMILES string of the molecule is CCCCC1=N[C@H](NC(=O)C(CC2CC2)C(O)CCCC)C(=O)N(CC(CC)CC)c2ccccc21. The smallest absolute Gasteiger partial charge is 0.272 e. The summed E-state index contributed by atoms with van der Waals surface area (Å²) in [6.07, 6.45) is 8.45. The van der Waals surface area contributed by atoms with E-state index in [1.54, 1.807) is 0 Å². The monoisotopic (exact) mass is 497 g/mol. The number of aliphatic imine (C=N–C) groups is 1. The van der Waals surface area contributed by atoms with Gasteiger partial charge in [-0.2, -0.15) is 0 Å². The molecule has 0 bridgehead atoms. The van der Waals surface area contributed by atoms with Crippen LogP contribution in [0.25, 0.3) is 0 Å². The van der Waals surface area contributed by atoms with Crippen molar-refractivity contribution in [2.45, 2.75) is 111 Å². The Bertz CT molecular complexity index is 891. The van der Waals surface area contributed by atoms with E-state index in [4.69, 9.17) is 4.99 Å². The minimum atomic E-state index is -0.966. The molecule has 2 unspecified atom stereocenters. The first-order chi connectivity index (χ1) is 17.4. The highest BCUT2D eigenvalue weighted by molar-refractivity contribution is 6.13. The average Bonchev–Trinajstić information content (AvgIpc) is 3.72. The van der Waals surface area contributed by atoms with Crippen molar-refractivity contribution in [3.05, 3.63) is 29.8 Å². The third-order valence-electron chi connectivity index (χ3n) is 7.87. The molecule has 1 aromatic carbocycles. The third-order valence-corrected chi connectivity index (χ3v) is 7.87. The Morgan fingerprint density at radius 2 is 1.81 bits per heavy atom. The molecule has 1 aliphatic carbocycles. The lowest BCUT2D eigenvalue weighted by molar-refractivity contribution is -0.133. The van der Waals surface area contributed by atoms with Gasteiger partial charge >= 0.3 is 0 Å². The largest absolute Gasteiger partial charge is 0.392 e. The Morgan fingerprint density at radius 1 is 1.11 bits per heavy atom. The molecule has 1 saturated carbocycles. The second-order valence-electron chi connectivity index (χ2n) is 10.7. The lowest BCUT2D eigenvalue weighted by Gasteiger charge is -2.30. The zero-order valence-corrected chi connectivity index (χ0v) is 22.8. The van der Waals surface area contributed by atoms with Gasteiger partial charge in [0, 0.05) is 17.8 Å². The van der Waals surface area contributed by atoms with E-state index in [0.717, 1.165) is 74.7 Å². The lowest BCUT2D eigenvalue weighted by Crippen LogP contribution is -2.51. The molecule has 2 N–H and O–H groups in total. The van der Waals surface area contributed by atoms with Crippen molar-refractivity contribution in [3.63, 3.8) is 0 Å². The van der Waals surface area contributed by atoms with E-state index in [1.165, 1.54) is 0 Å². The number of aliphatic hydroxyl groups excluding tert-OH is 1. The van der Waals surface area contributed by atoms with Crippen LogP contribution in [0.4, 0.5) is 5.69 Å². The van der Waals surface area contributed by atoms with Crippen molar-refractivity contribution < 1.29 is 14.7 Å². The molecular weight excluding hydrogens is 450 g/mol. The highest BCUT2D eigenvalue weighted by Gasteiger charge is 2.38. The summed E-state index contributed by atoms with van der Waals surface area (Å²) in [5, 5.41) is 13.9. The van der Waals surface area contributed by atoms with Gasteiger partial charge in [-0.3, -0.25) is 14.6 Å². The first kappa shape index (κ1) is 28.4. The molecule has 1 aromatic rings. The van der Waals surface area contributed by atoms with Crippen LogP contribution in [0.1, 0.15) is 104 Å². The fourth-order valence-electron chi connectivity index (χ4n) is 5.14. The Labute approximate surface area is 218 Å². The van der Waals surface area contributed by atoms with Gasteiger partial charge < -0.3 is 15.3 Å². The Hall–Kier alpha value is -2.21. The highest BCUT2D eigenvalue weighted by Crippen LogP contribution is 2.37. The number of unbranched alkanes of at least 4 members (excludes halogenated alkanes) is 2. The van der Waals surface area contributed by atoms with Gasteiger partial charge in [-0.25, -0.2) is 0 Å². The van der Waals surface area contributed by atoms with Crippen LogP contribution in [-0.2, 0) is 9.59 Å². The van der Waals surface area contributed by atoms with Crippen LogP contribution in [0.3, 0.4) is 0 Å². The molecule has 2 amide bonds. The number of fused-ring (bicyclic) bond motifs is 1. The molecule has 6 nitrogen and oxygen atoms in total. The summed E-state index contributed by atoms with van der Waals surface area (Å²) in [4.78, 5) is 34.3. The second kappa shape index (κ2) is 13.9. The minimum absolute atomic E-state index is 0.178. The van der Waals surface area contributed by atoms with E-state index in [-0.39, 0.29) is 11.8 Å². The molecular formula is C30H47N3O3. The number of benzodiazepines with no additional fused rings is 1. The van der Waals surface area contributed by atoms with Gasteiger partial charge in [0.05, 0.1) is 17.7 Å². The fraction of sp³-hybridized carbons (Fsp3) is 0.700. The molecule has 3 atom stereocenters. The standard InChI is InChI=1S/C30H47N3O3/c1-5-9-14-25-23-13-11-12-15-26(23)33(20-21(7-3)8-4)30(36)28(31-25)32-29(35)24(19-22-17-18-22)27(34)16-10-6-2/h11-13,15,21-22,24,27-28,34H,5-10,14,16-20H2,1-4H3,(H,32,35)/t24?,27?,28-/m1/s1. The molecule has 3 rings (SSSR count). The number of aliphatic hydroxyl groups is 1. The molecule has 0 spiro atoms. The maximum Gasteiger partial charge on any atom is 0.272 e. The number of nitrogens with one attached hydrogen (secondary N) is 1. The van der Waals surface area contributed by atoms with E-state index in [9.17, 15) is 14.7 Å². The predicted octanol–water partition coefficient (Wildman–Crippen LogP) is 5.86. The van der Waals surface area contributed by atoms with Crippen LogP contribution < -0.4 is 10.2 Å². The number of para-hydroxylation sites is 1. The number of nitrogens with zero attached hydrogens (tertiary/aromatic N) is 2. The van der Waals surface area contributed by atoms with Crippen molar-refractivity contribution in [3.8, 4) is 0 Å². The quantitative estimate of drug-likeness (QED) is 0.318. The number of carbonyl (C=O) groups is 2. The molecule has 2 aliphatic rings. The summed E-state index contributed by atoms with van der Waals surface area (Å²) in [7, 11) is 0. The maximum absolute atomic E-state index is 14.0. The average molecular weight is 498 g/mol. The predicted molar refractivity (Wildman–Crippen MR) is 147 cm³/mol. The topological polar surface area (TPSA) is 82.0 Å². The molecule has 0 aromatic heterocycles. The van der Waals surface area contributed by atoms with Crippen molar-refractivity contribution in [2.75, 3.05) is 11.4 Å². The number of benzene rings is 1. The van der Waals surface area contributed by atoms with E-state index >= 15 is 0 Å². The van der Waals surface area contributed by atoms with Crippen LogP contribution in [0.2, 0.25) is 0 Å². The summed E-state index contributed by atoms with van der Waals surface area (Å²) >= 11 is 0.